The molecule has 2 nitrogen and oxygen atoms in total. The van der Waals surface area contributed by atoms with Crippen molar-refractivity contribution in [3.8, 4) is 0 Å². The van der Waals surface area contributed by atoms with Crippen molar-refractivity contribution in [2.24, 2.45) is 0 Å². The summed E-state index contributed by atoms with van der Waals surface area (Å²) in [4.78, 5) is 2.58. The van der Waals surface area contributed by atoms with E-state index in [1.54, 1.807) is 0 Å². The van der Waals surface area contributed by atoms with Crippen LogP contribution in [0.3, 0.4) is 0 Å². The fourth-order valence-electron chi connectivity index (χ4n) is 3.92. The Morgan fingerprint density at radius 2 is 1.86 bits per heavy atom. The predicted octanol–water partition coefficient (Wildman–Crippen LogP) is 3.31. The number of anilines is 1. The van der Waals surface area contributed by atoms with Gasteiger partial charge < -0.3 is 10.2 Å². The van der Waals surface area contributed by atoms with Gasteiger partial charge in [-0.1, -0.05) is 55.5 Å². The smallest absolute Gasteiger partial charge is 0.0453 e. The van der Waals surface area contributed by atoms with Crippen LogP contribution in [0.15, 0.2) is 48.5 Å². The van der Waals surface area contributed by atoms with Gasteiger partial charge in [0.05, 0.1) is 0 Å². The first-order valence-electron chi connectivity index (χ1n) is 7.92. The Balaban J connectivity index is 1.91. The Morgan fingerprint density at radius 1 is 1.00 bits per heavy atom. The van der Waals surface area contributed by atoms with Crippen LogP contribution in [0, 0.1) is 0 Å². The monoisotopic (exact) mass is 278 g/mol. The van der Waals surface area contributed by atoms with Gasteiger partial charge in [-0.25, -0.2) is 0 Å². The van der Waals surface area contributed by atoms with Crippen LogP contribution in [-0.2, 0) is 12.0 Å². The lowest BCUT2D eigenvalue weighted by Gasteiger charge is -2.43. The second-order valence-corrected chi connectivity index (χ2v) is 6.43. The predicted molar refractivity (Wildman–Crippen MR) is 87.9 cm³/mol. The van der Waals surface area contributed by atoms with Gasteiger partial charge in [0, 0.05) is 37.3 Å². The molecule has 2 aromatic rings. The first-order chi connectivity index (χ1) is 10.3. The second-order valence-electron chi connectivity index (χ2n) is 6.43. The Bertz CT molecular complexity index is 650. The molecule has 2 heteroatoms. The third-order valence-corrected chi connectivity index (χ3v) is 5.20. The minimum Gasteiger partial charge on any atom is -0.370 e. The highest BCUT2D eigenvalue weighted by atomic mass is 15.2. The number of nitrogens with one attached hydrogen (secondary N) is 1. The minimum absolute atomic E-state index is 0.132. The third-order valence-electron chi connectivity index (χ3n) is 5.20. The highest BCUT2D eigenvalue weighted by Gasteiger charge is 2.37. The van der Waals surface area contributed by atoms with Gasteiger partial charge in [0.1, 0.15) is 0 Å². The molecule has 2 aromatic carbocycles. The second kappa shape index (κ2) is 4.88. The van der Waals surface area contributed by atoms with Gasteiger partial charge in [0.25, 0.3) is 0 Å². The average molecular weight is 278 g/mol. The molecule has 4 rings (SSSR count). The van der Waals surface area contributed by atoms with Crippen molar-refractivity contribution in [1.29, 1.82) is 0 Å². The lowest BCUT2D eigenvalue weighted by atomic mass is 9.70. The number of benzene rings is 2. The molecule has 2 aliphatic rings. The van der Waals surface area contributed by atoms with Crippen molar-refractivity contribution in [3.63, 3.8) is 0 Å². The molecule has 21 heavy (non-hydrogen) atoms. The van der Waals surface area contributed by atoms with Gasteiger partial charge >= 0.3 is 0 Å². The standard InChI is InChI=1S/C19H22N2/c1-19(16-7-3-2-4-8-16)10-12-21-13-11-20-14-15-6-5-9-17(19)18(15)21/h2-9,20H,10-14H2,1H3. The molecular formula is C19H22N2. The van der Waals surface area contributed by atoms with E-state index in [1.165, 1.54) is 28.8 Å². The summed E-state index contributed by atoms with van der Waals surface area (Å²) in [5.41, 5.74) is 6.01. The molecule has 2 aliphatic heterocycles. The van der Waals surface area contributed by atoms with E-state index in [1.807, 2.05) is 0 Å². The summed E-state index contributed by atoms with van der Waals surface area (Å²) in [5.74, 6) is 0. The molecule has 0 saturated carbocycles. The van der Waals surface area contributed by atoms with E-state index in [0.717, 1.165) is 26.2 Å². The molecule has 108 valence electrons. The zero-order chi connectivity index (χ0) is 14.3. The van der Waals surface area contributed by atoms with Gasteiger partial charge in [-0.15, -0.1) is 0 Å². The van der Waals surface area contributed by atoms with E-state index in [-0.39, 0.29) is 5.41 Å². The molecule has 0 spiro atoms. The van der Waals surface area contributed by atoms with Crippen LogP contribution in [0.5, 0.6) is 0 Å². The van der Waals surface area contributed by atoms with Crippen LogP contribution in [-0.4, -0.2) is 19.6 Å². The number of hydrogen-bond acceptors (Lipinski definition) is 2. The van der Waals surface area contributed by atoms with E-state index in [2.05, 4.69) is 65.7 Å². The molecule has 0 bridgehead atoms. The summed E-state index contributed by atoms with van der Waals surface area (Å²) in [6, 6.07) is 17.8. The van der Waals surface area contributed by atoms with E-state index in [9.17, 15) is 0 Å². The number of rotatable bonds is 1. The normalized spacial score (nSPS) is 24.3. The number of nitrogens with zero attached hydrogens (tertiary/aromatic N) is 1. The van der Waals surface area contributed by atoms with Crippen LogP contribution < -0.4 is 10.2 Å². The van der Waals surface area contributed by atoms with Gasteiger partial charge in [-0.05, 0) is 23.1 Å². The quantitative estimate of drug-likeness (QED) is 0.861. The molecule has 2 heterocycles. The summed E-state index contributed by atoms with van der Waals surface area (Å²) in [5, 5.41) is 3.55. The molecule has 0 amide bonds. The molecule has 1 N–H and O–H groups in total. The maximum atomic E-state index is 3.55. The highest BCUT2D eigenvalue weighted by molar-refractivity contribution is 5.66. The van der Waals surface area contributed by atoms with Gasteiger partial charge in [-0.2, -0.15) is 0 Å². The molecule has 0 aliphatic carbocycles. The van der Waals surface area contributed by atoms with Crippen molar-refractivity contribution in [2.75, 3.05) is 24.5 Å². The largest absolute Gasteiger partial charge is 0.370 e. The molecule has 0 fully saturated rings. The first kappa shape index (κ1) is 12.9. The van der Waals surface area contributed by atoms with E-state index in [0.29, 0.717) is 0 Å². The molecule has 0 radical (unpaired) electrons. The Kier molecular flexibility index (Phi) is 3.00. The van der Waals surface area contributed by atoms with E-state index in [4.69, 9.17) is 0 Å². The molecule has 1 unspecified atom stereocenters. The Labute approximate surface area is 126 Å². The fraction of sp³-hybridized carbons (Fsp3) is 0.368. The van der Waals surface area contributed by atoms with Crippen molar-refractivity contribution in [3.05, 3.63) is 65.2 Å². The van der Waals surface area contributed by atoms with Crippen molar-refractivity contribution >= 4 is 5.69 Å². The molecule has 1 atom stereocenters. The van der Waals surface area contributed by atoms with Gasteiger partial charge in [0.15, 0.2) is 0 Å². The summed E-state index contributed by atoms with van der Waals surface area (Å²) >= 11 is 0. The van der Waals surface area contributed by atoms with Crippen LogP contribution in [0.2, 0.25) is 0 Å². The molecule has 0 saturated heterocycles. The lowest BCUT2D eigenvalue weighted by Crippen LogP contribution is -2.41. The topological polar surface area (TPSA) is 15.3 Å². The molecule has 0 aromatic heterocycles. The number of hydrogen-bond donors (Lipinski definition) is 1. The fourth-order valence-corrected chi connectivity index (χ4v) is 3.92. The maximum absolute atomic E-state index is 3.55. The molecular weight excluding hydrogens is 256 g/mol. The van der Waals surface area contributed by atoms with Crippen LogP contribution in [0.1, 0.15) is 30.0 Å². The third kappa shape index (κ3) is 1.97. The zero-order valence-electron chi connectivity index (χ0n) is 12.6. The Morgan fingerprint density at radius 3 is 2.71 bits per heavy atom. The lowest BCUT2D eigenvalue weighted by molar-refractivity contribution is 0.488. The van der Waals surface area contributed by atoms with Crippen molar-refractivity contribution < 1.29 is 0 Å². The van der Waals surface area contributed by atoms with Crippen LogP contribution >= 0.6 is 0 Å². The summed E-state index contributed by atoms with van der Waals surface area (Å²) in [6.07, 6.45) is 1.19. The summed E-state index contributed by atoms with van der Waals surface area (Å²) in [6.45, 7) is 6.75. The minimum atomic E-state index is 0.132. The first-order valence-corrected chi connectivity index (χ1v) is 7.92. The number of para-hydroxylation sites is 1. The maximum Gasteiger partial charge on any atom is 0.0453 e. The van der Waals surface area contributed by atoms with Crippen LogP contribution in [0.4, 0.5) is 5.69 Å². The van der Waals surface area contributed by atoms with Crippen molar-refractivity contribution in [1.82, 2.24) is 5.32 Å². The van der Waals surface area contributed by atoms with E-state index < -0.39 is 0 Å². The van der Waals surface area contributed by atoms with Crippen LogP contribution in [0.25, 0.3) is 0 Å². The zero-order valence-corrected chi connectivity index (χ0v) is 12.6. The van der Waals surface area contributed by atoms with Gasteiger partial charge in [0.2, 0.25) is 0 Å². The Hall–Kier alpha value is -1.80. The van der Waals surface area contributed by atoms with Crippen molar-refractivity contribution in [2.45, 2.75) is 25.3 Å². The van der Waals surface area contributed by atoms with Gasteiger partial charge in [-0.3, -0.25) is 0 Å². The summed E-state index contributed by atoms with van der Waals surface area (Å²) in [7, 11) is 0. The van der Waals surface area contributed by atoms with E-state index >= 15 is 0 Å². The SMILES string of the molecule is CC1(c2ccccc2)CCN2CCNCc3cccc1c32. The average Bonchev–Trinajstić information content (AvgIpc) is 2.75. The summed E-state index contributed by atoms with van der Waals surface area (Å²) < 4.78 is 0. The highest BCUT2D eigenvalue weighted by Crippen LogP contribution is 2.45.